The number of carbonyl (C=O) groups excluding carboxylic acids is 1. The number of anilines is 2. The van der Waals surface area contributed by atoms with E-state index in [4.69, 9.17) is 0 Å². The number of carbonyl (C=O) groups is 1. The Morgan fingerprint density at radius 2 is 2.00 bits per heavy atom. The van der Waals surface area contributed by atoms with E-state index in [2.05, 4.69) is 36.1 Å². The van der Waals surface area contributed by atoms with E-state index in [1.165, 1.54) is 4.90 Å². The SMILES string of the molecule is Cc1cc(NC(=O)C[NH+]2CCN(c3ncccn3)CC2)ccc1Br. The summed E-state index contributed by atoms with van der Waals surface area (Å²) >= 11 is 3.47. The van der Waals surface area contributed by atoms with E-state index in [9.17, 15) is 4.79 Å². The Hall–Kier alpha value is -1.99. The van der Waals surface area contributed by atoms with Crippen molar-refractivity contribution < 1.29 is 9.69 Å². The van der Waals surface area contributed by atoms with Gasteiger partial charge in [0.05, 0.1) is 26.2 Å². The van der Waals surface area contributed by atoms with E-state index in [-0.39, 0.29) is 5.91 Å². The van der Waals surface area contributed by atoms with Gasteiger partial charge in [-0.1, -0.05) is 15.9 Å². The average Bonchev–Trinajstić information content (AvgIpc) is 2.59. The molecule has 0 atom stereocenters. The number of quaternary nitrogens is 1. The third-order valence-electron chi connectivity index (χ3n) is 4.16. The van der Waals surface area contributed by atoms with Crippen molar-refractivity contribution in [3.8, 4) is 0 Å². The highest BCUT2D eigenvalue weighted by molar-refractivity contribution is 9.10. The minimum absolute atomic E-state index is 0.0520. The highest BCUT2D eigenvalue weighted by atomic mass is 79.9. The number of aryl methyl sites for hydroxylation is 1. The molecule has 0 radical (unpaired) electrons. The van der Waals surface area contributed by atoms with Gasteiger partial charge >= 0.3 is 0 Å². The molecule has 0 saturated carbocycles. The molecule has 1 aromatic heterocycles. The van der Waals surface area contributed by atoms with Crippen LogP contribution in [0.3, 0.4) is 0 Å². The molecule has 0 spiro atoms. The lowest BCUT2D eigenvalue weighted by Crippen LogP contribution is -3.15. The molecule has 1 aliphatic heterocycles. The summed E-state index contributed by atoms with van der Waals surface area (Å²) < 4.78 is 1.05. The van der Waals surface area contributed by atoms with Crippen LogP contribution >= 0.6 is 15.9 Å². The number of nitrogens with zero attached hydrogens (tertiary/aromatic N) is 3. The molecule has 2 aromatic rings. The van der Waals surface area contributed by atoms with Crippen molar-refractivity contribution in [3.05, 3.63) is 46.7 Å². The maximum Gasteiger partial charge on any atom is 0.279 e. The lowest BCUT2D eigenvalue weighted by Gasteiger charge is -2.31. The van der Waals surface area contributed by atoms with Gasteiger partial charge in [0.25, 0.3) is 5.91 Å². The highest BCUT2D eigenvalue weighted by Crippen LogP contribution is 2.19. The minimum atomic E-state index is 0.0520. The summed E-state index contributed by atoms with van der Waals surface area (Å²) in [6, 6.07) is 7.66. The molecule has 2 heterocycles. The number of nitrogens with one attached hydrogen (secondary N) is 2. The first-order chi connectivity index (χ1) is 11.6. The Kier molecular flexibility index (Phi) is 5.42. The summed E-state index contributed by atoms with van der Waals surface area (Å²) in [5.74, 6) is 0.822. The van der Waals surface area contributed by atoms with Crippen LogP contribution in [-0.2, 0) is 4.79 Å². The zero-order chi connectivity index (χ0) is 16.9. The zero-order valence-corrected chi connectivity index (χ0v) is 15.2. The van der Waals surface area contributed by atoms with Gasteiger partial charge < -0.3 is 15.1 Å². The van der Waals surface area contributed by atoms with Gasteiger partial charge in [0, 0.05) is 22.6 Å². The van der Waals surface area contributed by atoms with Crippen molar-refractivity contribution in [2.75, 3.05) is 42.9 Å². The molecule has 126 valence electrons. The molecule has 1 aromatic carbocycles. The summed E-state index contributed by atoms with van der Waals surface area (Å²) in [7, 11) is 0. The van der Waals surface area contributed by atoms with Crippen LogP contribution in [0.2, 0.25) is 0 Å². The number of benzene rings is 1. The fraction of sp³-hybridized carbons (Fsp3) is 0.353. The Balaban J connectivity index is 1.49. The molecule has 0 aliphatic carbocycles. The number of piperazine rings is 1. The Labute approximate surface area is 150 Å². The fourth-order valence-corrected chi connectivity index (χ4v) is 3.06. The molecule has 0 unspecified atom stereocenters. The Morgan fingerprint density at radius 3 is 2.67 bits per heavy atom. The number of amides is 1. The zero-order valence-electron chi connectivity index (χ0n) is 13.6. The Bertz CT molecular complexity index is 701. The maximum atomic E-state index is 12.2. The monoisotopic (exact) mass is 390 g/mol. The van der Waals surface area contributed by atoms with E-state index < -0.39 is 0 Å². The molecular weight excluding hydrogens is 370 g/mol. The van der Waals surface area contributed by atoms with Crippen molar-refractivity contribution >= 4 is 33.5 Å². The Morgan fingerprint density at radius 1 is 1.29 bits per heavy atom. The summed E-state index contributed by atoms with van der Waals surface area (Å²) in [6.45, 7) is 6.04. The molecule has 1 amide bonds. The third kappa shape index (κ3) is 4.30. The summed E-state index contributed by atoms with van der Waals surface area (Å²) in [4.78, 5) is 24.3. The first-order valence-corrected chi connectivity index (χ1v) is 8.82. The highest BCUT2D eigenvalue weighted by Gasteiger charge is 2.23. The normalized spacial score (nSPS) is 15.3. The molecule has 1 fully saturated rings. The number of halogens is 1. The van der Waals surface area contributed by atoms with E-state index in [0.29, 0.717) is 6.54 Å². The van der Waals surface area contributed by atoms with E-state index >= 15 is 0 Å². The van der Waals surface area contributed by atoms with Gasteiger partial charge in [0.15, 0.2) is 6.54 Å². The largest absolute Gasteiger partial charge is 0.330 e. The summed E-state index contributed by atoms with van der Waals surface area (Å²) in [6.07, 6.45) is 3.52. The van der Waals surface area contributed by atoms with Gasteiger partial charge in [-0.3, -0.25) is 4.79 Å². The second-order valence-corrected chi connectivity index (χ2v) is 6.83. The van der Waals surface area contributed by atoms with Gasteiger partial charge in [-0.25, -0.2) is 9.97 Å². The molecule has 1 saturated heterocycles. The van der Waals surface area contributed by atoms with Gasteiger partial charge in [0.2, 0.25) is 5.95 Å². The van der Waals surface area contributed by atoms with Crippen molar-refractivity contribution in [2.45, 2.75) is 6.92 Å². The van der Waals surface area contributed by atoms with E-state index in [1.807, 2.05) is 31.2 Å². The molecule has 0 bridgehead atoms. The molecule has 6 nitrogen and oxygen atoms in total. The van der Waals surface area contributed by atoms with Crippen molar-refractivity contribution in [2.24, 2.45) is 0 Å². The first kappa shape index (κ1) is 16.9. The van der Waals surface area contributed by atoms with E-state index in [0.717, 1.165) is 47.9 Å². The minimum Gasteiger partial charge on any atom is -0.330 e. The van der Waals surface area contributed by atoms with Crippen molar-refractivity contribution in [1.29, 1.82) is 0 Å². The van der Waals surface area contributed by atoms with Crippen molar-refractivity contribution in [3.63, 3.8) is 0 Å². The molecule has 7 heteroatoms. The smallest absolute Gasteiger partial charge is 0.279 e. The van der Waals surface area contributed by atoms with Crippen LogP contribution in [0.25, 0.3) is 0 Å². The van der Waals surface area contributed by atoms with Crippen LogP contribution in [0, 0.1) is 6.92 Å². The number of aromatic nitrogens is 2. The topological polar surface area (TPSA) is 62.6 Å². The molecule has 24 heavy (non-hydrogen) atoms. The standard InChI is InChI=1S/C17H20BrN5O/c1-13-11-14(3-4-15(13)18)21-16(24)12-22-7-9-23(10-8-22)17-19-5-2-6-20-17/h2-6,11H,7-10,12H2,1H3,(H,21,24)/p+1. The predicted molar refractivity (Wildman–Crippen MR) is 97.3 cm³/mol. The van der Waals surface area contributed by atoms with Crippen LogP contribution in [0.15, 0.2) is 41.1 Å². The van der Waals surface area contributed by atoms with Crippen LogP contribution in [0.1, 0.15) is 5.56 Å². The van der Waals surface area contributed by atoms with Gasteiger partial charge in [-0.15, -0.1) is 0 Å². The lowest BCUT2D eigenvalue weighted by molar-refractivity contribution is -0.892. The maximum absolute atomic E-state index is 12.2. The quantitative estimate of drug-likeness (QED) is 0.813. The van der Waals surface area contributed by atoms with Crippen LogP contribution < -0.4 is 15.1 Å². The number of rotatable bonds is 4. The molecule has 2 N–H and O–H groups in total. The van der Waals surface area contributed by atoms with Crippen molar-refractivity contribution in [1.82, 2.24) is 9.97 Å². The average molecular weight is 391 g/mol. The summed E-state index contributed by atoms with van der Waals surface area (Å²) in [5.41, 5.74) is 1.95. The molecular formula is C17H21BrN5O+. The van der Waals surface area contributed by atoms with Gasteiger partial charge in [-0.2, -0.15) is 0 Å². The van der Waals surface area contributed by atoms with Crippen LogP contribution in [0.4, 0.5) is 11.6 Å². The lowest BCUT2D eigenvalue weighted by atomic mass is 10.2. The van der Waals surface area contributed by atoms with Crippen LogP contribution in [-0.4, -0.2) is 48.6 Å². The second-order valence-electron chi connectivity index (χ2n) is 5.97. The van der Waals surface area contributed by atoms with Crippen LogP contribution in [0.5, 0.6) is 0 Å². The van der Waals surface area contributed by atoms with Gasteiger partial charge in [-0.05, 0) is 36.8 Å². The van der Waals surface area contributed by atoms with E-state index in [1.54, 1.807) is 12.4 Å². The second kappa shape index (κ2) is 7.72. The summed E-state index contributed by atoms with van der Waals surface area (Å²) in [5, 5.41) is 2.98. The first-order valence-electron chi connectivity index (χ1n) is 8.03. The number of hydrogen-bond donors (Lipinski definition) is 2. The number of hydrogen-bond acceptors (Lipinski definition) is 4. The molecule has 1 aliphatic rings. The van der Waals surface area contributed by atoms with Gasteiger partial charge in [0.1, 0.15) is 0 Å². The molecule has 3 rings (SSSR count). The fourth-order valence-electron chi connectivity index (χ4n) is 2.81. The third-order valence-corrected chi connectivity index (χ3v) is 5.05. The predicted octanol–water partition coefficient (Wildman–Crippen LogP) is 0.891.